The molecule has 0 saturated carbocycles. The van der Waals surface area contributed by atoms with E-state index in [9.17, 15) is 18.3 Å². The zero-order valence-electron chi connectivity index (χ0n) is 18.4. The summed E-state index contributed by atoms with van der Waals surface area (Å²) in [7, 11) is -2.18. The fourth-order valence-electron chi connectivity index (χ4n) is 4.11. The first-order valence-electron chi connectivity index (χ1n) is 10.3. The molecule has 4 rings (SSSR count). The molecule has 0 aliphatic carbocycles. The van der Waals surface area contributed by atoms with Crippen LogP contribution in [0.2, 0.25) is 0 Å². The number of ether oxygens (including phenoxy) is 1. The summed E-state index contributed by atoms with van der Waals surface area (Å²) in [6, 6.07) is 10.2. The lowest BCUT2D eigenvalue weighted by atomic mass is 10.00. The minimum absolute atomic E-state index is 0.0394. The summed E-state index contributed by atoms with van der Waals surface area (Å²) in [4.78, 5) is 12.8. The van der Waals surface area contributed by atoms with E-state index in [-0.39, 0.29) is 12.5 Å². The van der Waals surface area contributed by atoms with Crippen molar-refractivity contribution in [2.24, 2.45) is 0 Å². The molecule has 2 aromatic carbocycles. The molecule has 2 atom stereocenters. The van der Waals surface area contributed by atoms with Gasteiger partial charge in [0, 0.05) is 29.6 Å². The molecule has 0 saturated heterocycles. The van der Waals surface area contributed by atoms with Gasteiger partial charge in [0.2, 0.25) is 10.0 Å². The molecule has 1 aromatic heterocycles. The highest BCUT2D eigenvalue weighted by atomic mass is 32.2. The van der Waals surface area contributed by atoms with E-state index >= 15 is 0 Å². The number of fused-ring (bicyclic) bond motifs is 2. The molecule has 1 aliphatic heterocycles. The Morgan fingerprint density at radius 1 is 1.25 bits per heavy atom. The molecule has 1 aliphatic rings. The van der Waals surface area contributed by atoms with Crippen molar-refractivity contribution >= 4 is 32.6 Å². The van der Waals surface area contributed by atoms with Crippen molar-refractivity contribution in [3.63, 3.8) is 0 Å². The van der Waals surface area contributed by atoms with Crippen molar-refractivity contribution in [1.29, 1.82) is 0 Å². The summed E-state index contributed by atoms with van der Waals surface area (Å²) in [6.45, 7) is 3.43. The maximum atomic E-state index is 12.8. The summed E-state index contributed by atoms with van der Waals surface area (Å²) in [5.41, 5.74) is 3.52. The molecular formula is C23H26N2O6S. The molecule has 0 radical (unpaired) electrons. The van der Waals surface area contributed by atoms with Gasteiger partial charge in [0.25, 0.3) is 5.91 Å². The first-order chi connectivity index (χ1) is 15.2. The van der Waals surface area contributed by atoms with Gasteiger partial charge < -0.3 is 19.6 Å². The van der Waals surface area contributed by atoms with Crippen molar-refractivity contribution < 1.29 is 27.5 Å². The predicted molar refractivity (Wildman–Crippen MR) is 122 cm³/mol. The molecule has 2 N–H and O–H groups in total. The number of aliphatic hydroxyl groups excluding tert-OH is 1. The SMILES string of the molecule is CNC(=O)c1c(-c2ccc(C)cc2)oc2cc3c(cc12)C(C)OCC(CO)N3S(C)(=O)=O. The summed E-state index contributed by atoms with van der Waals surface area (Å²) >= 11 is 0. The summed E-state index contributed by atoms with van der Waals surface area (Å²) in [5, 5.41) is 13.1. The Morgan fingerprint density at radius 2 is 1.94 bits per heavy atom. The number of hydrogen-bond donors (Lipinski definition) is 2. The number of anilines is 1. The molecule has 3 aromatic rings. The number of aryl methyl sites for hydroxylation is 1. The lowest BCUT2D eigenvalue weighted by Crippen LogP contribution is -2.44. The number of hydrogen-bond acceptors (Lipinski definition) is 6. The quantitative estimate of drug-likeness (QED) is 0.622. The number of amides is 1. The van der Waals surface area contributed by atoms with E-state index in [1.165, 1.54) is 4.31 Å². The van der Waals surface area contributed by atoms with Crippen molar-refractivity contribution in [3.05, 3.63) is 53.1 Å². The van der Waals surface area contributed by atoms with E-state index in [2.05, 4.69) is 5.32 Å². The molecule has 0 spiro atoms. The smallest absolute Gasteiger partial charge is 0.255 e. The third-order valence-corrected chi connectivity index (χ3v) is 6.93. The fourth-order valence-corrected chi connectivity index (χ4v) is 5.29. The van der Waals surface area contributed by atoms with Gasteiger partial charge in [-0.05, 0) is 19.9 Å². The number of benzene rings is 2. The predicted octanol–water partition coefficient (Wildman–Crippen LogP) is 2.99. The summed E-state index contributed by atoms with van der Waals surface area (Å²) < 4.78 is 38.5. The normalized spacial score (nSPS) is 19.0. The van der Waals surface area contributed by atoms with Crippen LogP contribution in [-0.2, 0) is 14.8 Å². The molecule has 2 heterocycles. The van der Waals surface area contributed by atoms with E-state index in [4.69, 9.17) is 9.15 Å². The van der Waals surface area contributed by atoms with E-state index in [1.807, 2.05) is 38.1 Å². The van der Waals surface area contributed by atoms with E-state index < -0.39 is 28.8 Å². The molecule has 0 bridgehead atoms. The first kappa shape index (κ1) is 22.3. The van der Waals surface area contributed by atoms with E-state index in [0.29, 0.717) is 33.5 Å². The highest BCUT2D eigenvalue weighted by Gasteiger charge is 2.35. The third kappa shape index (κ3) is 3.76. The monoisotopic (exact) mass is 458 g/mol. The largest absolute Gasteiger partial charge is 0.455 e. The Balaban J connectivity index is 2.04. The number of nitrogens with one attached hydrogen (secondary N) is 1. The molecule has 32 heavy (non-hydrogen) atoms. The topological polar surface area (TPSA) is 109 Å². The third-order valence-electron chi connectivity index (χ3n) is 5.72. The van der Waals surface area contributed by atoms with Crippen molar-refractivity contribution in [2.45, 2.75) is 26.0 Å². The summed E-state index contributed by atoms with van der Waals surface area (Å²) in [5.74, 6) is 0.0902. The number of carbonyl (C=O) groups excluding carboxylic acids is 1. The van der Waals surface area contributed by atoms with Crippen LogP contribution in [-0.4, -0.2) is 52.0 Å². The number of aliphatic hydroxyl groups is 1. The van der Waals surface area contributed by atoms with E-state index in [0.717, 1.165) is 17.4 Å². The molecule has 8 nitrogen and oxygen atoms in total. The van der Waals surface area contributed by atoms with Gasteiger partial charge in [-0.3, -0.25) is 9.10 Å². The maximum Gasteiger partial charge on any atom is 0.255 e. The van der Waals surface area contributed by atoms with Crippen LogP contribution >= 0.6 is 0 Å². The van der Waals surface area contributed by atoms with Gasteiger partial charge >= 0.3 is 0 Å². The average Bonchev–Trinajstić information content (AvgIpc) is 3.05. The van der Waals surface area contributed by atoms with Crippen LogP contribution in [0.3, 0.4) is 0 Å². The van der Waals surface area contributed by atoms with E-state index in [1.54, 1.807) is 19.2 Å². The van der Waals surface area contributed by atoms with Crippen molar-refractivity contribution in [3.8, 4) is 11.3 Å². The van der Waals surface area contributed by atoms with Crippen LogP contribution in [0.5, 0.6) is 0 Å². The Kier molecular flexibility index (Phi) is 5.74. The fraction of sp³-hybridized carbons (Fsp3) is 0.348. The number of carbonyl (C=O) groups is 1. The van der Waals surface area contributed by atoms with Crippen LogP contribution < -0.4 is 9.62 Å². The van der Waals surface area contributed by atoms with Gasteiger partial charge in [0.05, 0.1) is 42.9 Å². The highest BCUT2D eigenvalue weighted by molar-refractivity contribution is 7.92. The average molecular weight is 459 g/mol. The molecule has 2 unspecified atom stereocenters. The van der Waals surface area contributed by atoms with Gasteiger partial charge in [0.15, 0.2) is 0 Å². The molecular weight excluding hydrogens is 432 g/mol. The summed E-state index contributed by atoms with van der Waals surface area (Å²) in [6.07, 6.45) is 0.639. The molecule has 170 valence electrons. The van der Waals surface area contributed by atoms with Crippen molar-refractivity contribution in [1.82, 2.24) is 5.32 Å². The Hall–Kier alpha value is -2.88. The molecule has 1 amide bonds. The highest BCUT2D eigenvalue weighted by Crippen LogP contribution is 2.42. The first-order valence-corrected chi connectivity index (χ1v) is 12.1. The van der Waals surface area contributed by atoms with Gasteiger partial charge in [0.1, 0.15) is 11.3 Å². The van der Waals surface area contributed by atoms with Crippen LogP contribution in [0.25, 0.3) is 22.3 Å². The lowest BCUT2D eigenvalue weighted by molar-refractivity contribution is 0.0518. The number of sulfonamides is 1. The van der Waals surface area contributed by atoms with Gasteiger partial charge in [-0.25, -0.2) is 8.42 Å². The van der Waals surface area contributed by atoms with Crippen LogP contribution in [0.15, 0.2) is 40.8 Å². The Bertz CT molecular complexity index is 1280. The van der Waals surface area contributed by atoms with Gasteiger partial charge in [-0.1, -0.05) is 29.8 Å². The Labute approximate surface area is 186 Å². The second-order valence-corrected chi connectivity index (χ2v) is 9.89. The molecule has 0 fully saturated rings. The number of furan rings is 1. The number of nitrogens with zero attached hydrogens (tertiary/aromatic N) is 1. The zero-order valence-corrected chi connectivity index (χ0v) is 19.2. The minimum Gasteiger partial charge on any atom is -0.455 e. The van der Waals surface area contributed by atoms with Gasteiger partial charge in [-0.2, -0.15) is 0 Å². The van der Waals surface area contributed by atoms with Gasteiger partial charge in [-0.15, -0.1) is 0 Å². The van der Waals surface area contributed by atoms with Crippen LogP contribution in [0, 0.1) is 6.92 Å². The molecule has 9 heteroatoms. The van der Waals surface area contributed by atoms with Crippen LogP contribution in [0.4, 0.5) is 5.69 Å². The minimum atomic E-state index is -3.72. The second kappa shape index (κ2) is 8.23. The van der Waals surface area contributed by atoms with Crippen molar-refractivity contribution in [2.75, 3.05) is 30.8 Å². The second-order valence-electron chi connectivity index (χ2n) is 8.03. The van der Waals surface area contributed by atoms with Crippen LogP contribution in [0.1, 0.15) is 34.5 Å². The maximum absolute atomic E-state index is 12.8. The standard InChI is InChI=1S/C23H26N2O6S/c1-13-5-7-15(8-6-13)22-21(23(27)24-3)18-9-17-14(2)30-12-16(11-26)25(32(4,28)29)19(17)10-20(18)31-22/h5-10,14,16,26H,11-12H2,1-4H3,(H,24,27). The zero-order chi connectivity index (χ0) is 23.2. The number of rotatable bonds is 4. The Morgan fingerprint density at radius 3 is 2.53 bits per heavy atom. The lowest BCUT2D eigenvalue weighted by Gasteiger charge is -2.28.